The van der Waals surface area contributed by atoms with Crippen molar-refractivity contribution in [2.75, 3.05) is 0 Å². The number of carbonyl (C=O) groups excluding carboxylic acids is 1. The summed E-state index contributed by atoms with van der Waals surface area (Å²) in [4.78, 5) is 26.3. The molecule has 2 heterocycles. The normalized spacial score (nSPS) is 17.2. The van der Waals surface area contributed by atoms with Crippen molar-refractivity contribution in [1.29, 1.82) is 0 Å². The van der Waals surface area contributed by atoms with E-state index >= 15 is 0 Å². The summed E-state index contributed by atoms with van der Waals surface area (Å²) in [5, 5.41) is 13.8. The number of thioether (sulfide) groups is 1. The number of hydrogen-bond donors (Lipinski definition) is 1. The van der Waals surface area contributed by atoms with Crippen LogP contribution in [0.5, 0.6) is 0 Å². The van der Waals surface area contributed by atoms with Gasteiger partial charge in [-0.05, 0) is 18.6 Å². The van der Waals surface area contributed by atoms with Gasteiger partial charge in [0.05, 0.1) is 11.1 Å². The van der Waals surface area contributed by atoms with Gasteiger partial charge < -0.3 is 5.11 Å². The Morgan fingerprint density at radius 1 is 1.38 bits per heavy atom. The topological polar surface area (TPSA) is 75.4 Å². The highest BCUT2D eigenvalue weighted by Gasteiger charge is 2.40. The Labute approximate surface area is 160 Å². The zero-order valence-corrected chi connectivity index (χ0v) is 15.9. The Balaban J connectivity index is 1.89. The first-order chi connectivity index (χ1) is 12.4. The smallest absolute Gasteiger partial charge is 0.327 e. The van der Waals surface area contributed by atoms with Crippen LogP contribution in [-0.4, -0.2) is 42.0 Å². The number of aryl methyl sites for hydroxylation is 1. The molecule has 1 aromatic carbocycles. The number of carboxylic acid groups (broad SMARTS) is 1. The predicted molar refractivity (Wildman–Crippen MR) is 105 cm³/mol. The first-order valence-corrected chi connectivity index (χ1v) is 9.13. The third-order valence-corrected chi connectivity index (χ3v) is 5.58. The molecule has 0 spiro atoms. The molecular formula is C18H17N3O3S2. The van der Waals surface area contributed by atoms with E-state index in [0.717, 1.165) is 28.6 Å². The summed E-state index contributed by atoms with van der Waals surface area (Å²) < 4.78 is 1.97. The number of amides is 1. The lowest BCUT2D eigenvalue weighted by atomic mass is 10.0. The van der Waals surface area contributed by atoms with Crippen molar-refractivity contribution in [3.8, 4) is 0 Å². The second kappa shape index (κ2) is 7.43. The Morgan fingerprint density at radius 3 is 2.65 bits per heavy atom. The van der Waals surface area contributed by atoms with E-state index < -0.39 is 12.0 Å². The van der Waals surface area contributed by atoms with Gasteiger partial charge in [0.2, 0.25) is 0 Å². The van der Waals surface area contributed by atoms with Gasteiger partial charge >= 0.3 is 5.97 Å². The molecule has 0 bridgehead atoms. The summed E-state index contributed by atoms with van der Waals surface area (Å²) in [6, 6.07) is 8.17. The third-order valence-electron chi connectivity index (χ3n) is 4.25. The molecule has 8 heteroatoms. The lowest BCUT2D eigenvalue weighted by molar-refractivity contribution is -0.145. The maximum absolute atomic E-state index is 12.8. The van der Waals surface area contributed by atoms with Gasteiger partial charge in [0.15, 0.2) is 0 Å². The summed E-state index contributed by atoms with van der Waals surface area (Å²) in [5.41, 5.74) is 2.55. The number of benzene rings is 1. The van der Waals surface area contributed by atoms with Gasteiger partial charge in [-0.25, -0.2) is 4.79 Å². The summed E-state index contributed by atoms with van der Waals surface area (Å²) in [6.07, 6.45) is 3.57. The van der Waals surface area contributed by atoms with Gasteiger partial charge in [-0.1, -0.05) is 54.3 Å². The summed E-state index contributed by atoms with van der Waals surface area (Å²) >= 11 is 6.42. The molecule has 1 atom stereocenters. The van der Waals surface area contributed by atoms with E-state index in [4.69, 9.17) is 12.2 Å². The zero-order valence-electron chi connectivity index (χ0n) is 14.2. The lowest BCUT2D eigenvalue weighted by Crippen LogP contribution is -2.45. The summed E-state index contributed by atoms with van der Waals surface area (Å²) in [6.45, 7) is 1.90. The Kier molecular flexibility index (Phi) is 5.24. The number of carboxylic acids is 1. The number of aliphatic carboxylic acids is 1. The molecule has 1 N–H and O–H groups in total. The van der Waals surface area contributed by atoms with Crippen LogP contribution in [-0.2, 0) is 23.1 Å². The second-order valence-corrected chi connectivity index (χ2v) is 7.58. The van der Waals surface area contributed by atoms with Gasteiger partial charge in [0, 0.05) is 24.7 Å². The maximum atomic E-state index is 12.8. The molecule has 0 saturated carbocycles. The average Bonchev–Trinajstić information content (AvgIpc) is 3.07. The van der Waals surface area contributed by atoms with Gasteiger partial charge in [0.1, 0.15) is 10.4 Å². The molecule has 6 nitrogen and oxygen atoms in total. The van der Waals surface area contributed by atoms with Crippen LogP contribution in [0.15, 0.2) is 41.4 Å². The molecule has 1 aliphatic heterocycles. The summed E-state index contributed by atoms with van der Waals surface area (Å²) in [7, 11) is 1.82. The van der Waals surface area contributed by atoms with Crippen molar-refractivity contribution in [3.63, 3.8) is 0 Å². The number of thiocarbonyl (C=S) groups is 1. The fourth-order valence-corrected chi connectivity index (χ4v) is 4.02. The minimum atomic E-state index is -1.08. The number of nitrogens with zero attached hydrogens (tertiary/aromatic N) is 3. The molecule has 1 aliphatic rings. The van der Waals surface area contributed by atoms with E-state index in [1.165, 1.54) is 4.90 Å². The number of hydrogen-bond acceptors (Lipinski definition) is 5. The molecule has 1 aromatic heterocycles. The van der Waals surface area contributed by atoms with Gasteiger partial charge in [-0.2, -0.15) is 5.10 Å². The van der Waals surface area contributed by atoms with E-state index in [-0.39, 0.29) is 16.6 Å². The van der Waals surface area contributed by atoms with Gasteiger partial charge in [0.25, 0.3) is 5.91 Å². The molecule has 1 fully saturated rings. The molecule has 134 valence electrons. The predicted octanol–water partition coefficient (Wildman–Crippen LogP) is 2.63. The number of carbonyl (C=O) groups is 2. The molecule has 0 aliphatic carbocycles. The second-order valence-electron chi connectivity index (χ2n) is 5.90. The highest BCUT2D eigenvalue weighted by atomic mass is 32.2. The third kappa shape index (κ3) is 3.56. The molecule has 3 rings (SSSR count). The Bertz CT molecular complexity index is 906. The molecular weight excluding hydrogens is 370 g/mol. The maximum Gasteiger partial charge on any atom is 0.327 e. The lowest BCUT2D eigenvalue weighted by Gasteiger charge is -2.23. The van der Waals surface area contributed by atoms with E-state index in [1.807, 2.05) is 44.3 Å². The fourth-order valence-electron chi connectivity index (χ4n) is 2.67. The Hall–Kier alpha value is -2.45. The van der Waals surface area contributed by atoms with Crippen LogP contribution in [0, 0.1) is 6.92 Å². The van der Waals surface area contributed by atoms with Crippen LogP contribution in [0.4, 0.5) is 0 Å². The van der Waals surface area contributed by atoms with E-state index in [9.17, 15) is 14.7 Å². The van der Waals surface area contributed by atoms with Crippen LogP contribution in [0.3, 0.4) is 0 Å². The van der Waals surface area contributed by atoms with Crippen molar-refractivity contribution >= 4 is 46.3 Å². The Morgan fingerprint density at radius 2 is 2.08 bits per heavy atom. The number of aromatic nitrogens is 2. The number of rotatable bonds is 5. The zero-order chi connectivity index (χ0) is 18.8. The molecule has 26 heavy (non-hydrogen) atoms. The fraction of sp³-hybridized carbons (Fsp3) is 0.222. The highest BCUT2D eigenvalue weighted by Crippen LogP contribution is 2.35. The van der Waals surface area contributed by atoms with Crippen molar-refractivity contribution in [2.24, 2.45) is 7.05 Å². The minimum absolute atomic E-state index is 0.196. The van der Waals surface area contributed by atoms with Crippen molar-refractivity contribution in [1.82, 2.24) is 14.7 Å². The first kappa shape index (κ1) is 18.3. The minimum Gasteiger partial charge on any atom is -0.480 e. The van der Waals surface area contributed by atoms with Gasteiger partial charge in [-0.3, -0.25) is 14.4 Å². The van der Waals surface area contributed by atoms with Crippen LogP contribution in [0.2, 0.25) is 0 Å². The standard InChI is InChI=1S/C18H17N3O3S2/c1-11-13(10-19-20(11)2)9-15-16(22)21(18(25)26-15)14(17(23)24)8-12-6-4-3-5-7-12/h3-7,9-10,14H,8H2,1-2H3,(H,23,24)/b15-9-/t14-/m0/s1. The van der Waals surface area contributed by atoms with Crippen LogP contribution in [0.1, 0.15) is 16.8 Å². The highest BCUT2D eigenvalue weighted by molar-refractivity contribution is 8.26. The largest absolute Gasteiger partial charge is 0.480 e. The first-order valence-electron chi connectivity index (χ1n) is 7.91. The summed E-state index contributed by atoms with van der Waals surface area (Å²) in [5.74, 6) is -1.46. The van der Waals surface area contributed by atoms with E-state index in [0.29, 0.717) is 4.91 Å². The molecule has 1 saturated heterocycles. The van der Waals surface area contributed by atoms with Gasteiger partial charge in [-0.15, -0.1) is 0 Å². The molecule has 0 unspecified atom stereocenters. The monoisotopic (exact) mass is 387 g/mol. The van der Waals surface area contributed by atoms with Crippen LogP contribution >= 0.6 is 24.0 Å². The van der Waals surface area contributed by atoms with Crippen molar-refractivity contribution < 1.29 is 14.7 Å². The van der Waals surface area contributed by atoms with Crippen molar-refractivity contribution in [2.45, 2.75) is 19.4 Å². The van der Waals surface area contributed by atoms with Crippen molar-refractivity contribution in [3.05, 3.63) is 58.3 Å². The molecule has 1 amide bonds. The molecule has 0 radical (unpaired) electrons. The van der Waals surface area contributed by atoms with E-state index in [1.54, 1.807) is 17.0 Å². The molecule has 2 aromatic rings. The van der Waals surface area contributed by atoms with Crippen LogP contribution < -0.4 is 0 Å². The van der Waals surface area contributed by atoms with E-state index in [2.05, 4.69) is 5.10 Å². The quantitative estimate of drug-likeness (QED) is 0.628. The average molecular weight is 387 g/mol. The van der Waals surface area contributed by atoms with Crippen LogP contribution in [0.25, 0.3) is 6.08 Å². The SMILES string of the molecule is Cc1c(/C=C2\SC(=S)N([C@@H](Cc3ccccc3)C(=O)O)C2=O)cnn1C.